The molecule has 0 bridgehead atoms. The lowest BCUT2D eigenvalue weighted by atomic mass is 10.1. The summed E-state index contributed by atoms with van der Waals surface area (Å²) >= 11 is 0. The van der Waals surface area contributed by atoms with Crippen molar-refractivity contribution in [1.29, 1.82) is 0 Å². The van der Waals surface area contributed by atoms with Crippen LogP contribution >= 0.6 is 12.4 Å². The van der Waals surface area contributed by atoms with Crippen molar-refractivity contribution in [2.75, 3.05) is 25.1 Å². The summed E-state index contributed by atoms with van der Waals surface area (Å²) in [4.78, 5) is 26.3. The Morgan fingerprint density at radius 1 is 1.38 bits per heavy atom. The first-order valence-electron chi connectivity index (χ1n) is 8.07. The van der Waals surface area contributed by atoms with Gasteiger partial charge in [-0.2, -0.15) is 0 Å². The minimum Gasteiger partial charge on any atom is -0.497 e. The maximum Gasteiger partial charge on any atom is 0.227 e. The molecule has 0 aromatic heterocycles. The molecule has 2 atom stereocenters. The Morgan fingerprint density at radius 3 is 2.58 bits per heavy atom. The quantitative estimate of drug-likeness (QED) is 0.807. The average Bonchev–Trinajstić information content (AvgIpc) is 3.34. The number of nitrogens with zero attached hydrogens (tertiary/aromatic N) is 1. The van der Waals surface area contributed by atoms with Gasteiger partial charge in [0.15, 0.2) is 0 Å². The molecule has 1 aliphatic carbocycles. The van der Waals surface area contributed by atoms with Gasteiger partial charge in [-0.05, 0) is 43.0 Å². The number of carbonyl (C=O) groups is 2. The molecule has 2 unspecified atom stereocenters. The van der Waals surface area contributed by atoms with E-state index in [1.54, 1.807) is 12.0 Å². The van der Waals surface area contributed by atoms with Gasteiger partial charge in [-0.3, -0.25) is 9.59 Å². The zero-order valence-corrected chi connectivity index (χ0v) is 14.6. The molecule has 7 heteroatoms. The monoisotopic (exact) mass is 353 g/mol. The second kappa shape index (κ2) is 7.85. The number of rotatable bonds is 6. The van der Waals surface area contributed by atoms with E-state index in [1.165, 1.54) is 0 Å². The van der Waals surface area contributed by atoms with Crippen molar-refractivity contribution in [2.24, 2.45) is 17.6 Å². The summed E-state index contributed by atoms with van der Waals surface area (Å²) in [6.45, 7) is 0.873. The van der Waals surface area contributed by atoms with Crippen LogP contribution in [0.15, 0.2) is 24.3 Å². The van der Waals surface area contributed by atoms with Crippen molar-refractivity contribution in [3.8, 4) is 5.75 Å². The van der Waals surface area contributed by atoms with Gasteiger partial charge < -0.3 is 20.7 Å². The molecule has 3 rings (SSSR count). The number of hydrogen-bond donors (Lipinski definition) is 2. The standard InChI is InChI=1S/C17H23N3O3.ClH/c1-23-14-6-4-13(5-7-14)20-10-12(8-16(20)21)17(22)19-15(9-18)11-2-3-11;/h4-7,11-12,15H,2-3,8-10,18H2,1H3,(H,19,22);1H. The maximum absolute atomic E-state index is 12.4. The zero-order valence-electron chi connectivity index (χ0n) is 13.7. The van der Waals surface area contributed by atoms with Gasteiger partial charge in [0.05, 0.1) is 13.0 Å². The molecule has 1 heterocycles. The van der Waals surface area contributed by atoms with Crippen LogP contribution in [-0.2, 0) is 9.59 Å². The first-order chi connectivity index (χ1) is 11.1. The molecule has 1 saturated heterocycles. The van der Waals surface area contributed by atoms with Crippen molar-refractivity contribution < 1.29 is 14.3 Å². The second-order valence-corrected chi connectivity index (χ2v) is 6.29. The number of carbonyl (C=O) groups excluding carboxylic acids is 2. The van der Waals surface area contributed by atoms with Gasteiger partial charge in [0.1, 0.15) is 5.75 Å². The molecule has 24 heavy (non-hydrogen) atoms. The number of nitrogens with one attached hydrogen (secondary N) is 1. The minimum atomic E-state index is -0.308. The molecular formula is C17H24ClN3O3. The highest BCUT2D eigenvalue weighted by Crippen LogP contribution is 2.33. The highest BCUT2D eigenvalue weighted by atomic mass is 35.5. The van der Waals surface area contributed by atoms with Crippen LogP contribution < -0.4 is 20.7 Å². The summed E-state index contributed by atoms with van der Waals surface area (Å²) in [5, 5.41) is 3.02. The Balaban J connectivity index is 0.00000208. The van der Waals surface area contributed by atoms with Crippen LogP contribution in [-0.4, -0.2) is 38.1 Å². The van der Waals surface area contributed by atoms with E-state index in [2.05, 4.69) is 5.32 Å². The highest BCUT2D eigenvalue weighted by Gasteiger charge is 2.38. The largest absolute Gasteiger partial charge is 0.497 e. The van der Waals surface area contributed by atoms with E-state index in [-0.39, 0.29) is 42.6 Å². The van der Waals surface area contributed by atoms with E-state index in [9.17, 15) is 9.59 Å². The SMILES string of the molecule is COc1ccc(N2CC(C(=O)NC(CN)C3CC3)CC2=O)cc1.Cl. The number of amides is 2. The van der Waals surface area contributed by atoms with E-state index >= 15 is 0 Å². The first kappa shape index (κ1) is 18.5. The minimum absolute atomic E-state index is 0. The lowest BCUT2D eigenvalue weighted by Gasteiger charge is -2.20. The molecule has 1 aromatic rings. The van der Waals surface area contributed by atoms with Gasteiger partial charge in [-0.25, -0.2) is 0 Å². The molecule has 0 radical (unpaired) electrons. The van der Waals surface area contributed by atoms with E-state index in [0.29, 0.717) is 19.0 Å². The number of anilines is 1. The van der Waals surface area contributed by atoms with Crippen molar-refractivity contribution in [3.63, 3.8) is 0 Å². The van der Waals surface area contributed by atoms with Crippen LogP contribution in [0.2, 0.25) is 0 Å². The van der Waals surface area contributed by atoms with Gasteiger partial charge in [-0.15, -0.1) is 12.4 Å². The predicted molar refractivity (Wildman–Crippen MR) is 94.4 cm³/mol. The molecule has 132 valence electrons. The zero-order chi connectivity index (χ0) is 16.4. The lowest BCUT2D eigenvalue weighted by molar-refractivity contribution is -0.127. The van der Waals surface area contributed by atoms with Gasteiger partial charge >= 0.3 is 0 Å². The van der Waals surface area contributed by atoms with Crippen LogP contribution in [0, 0.1) is 11.8 Å². The lowest BCUT2D eigenvalue weighted by Crippen LogP contribution is -2.45. The summed E-state index contributed by atoms with van der Waals surface area (Å²) < 4.78 is 5.12. The van der Waals surface area contributed by atoms with Crippen molar-refractivity contribution in [1.82, 2.24) is 5.32 Å². The van der Waals surface area contributed by atoms with E-state index in [4.69, 9.17) is 10.5 Å². The number of halogens is 1. The van der Waals surface area contributed by atoms with Crippen LogP contribution in [0.1, 0.15) is 19.3 Å². The van der Waals surface area contributed by atoms with Gasteiger partial charge in [0.25, 0.3) is 0 Å². The molecule has 3 N–H and O–H groups in total. The third-order valence-electron chi connectivity index (χ3n) is 4.65. The fourth-order valence-electron chi connectivity index (χ4n) is 3.06. The van der Waals surface area contributed by atoms with Crippen LogP contribution in [0.4, 0.5) is 5.69 Å². The fraction of sp³-hybridized carbons (Fsp3) is 0.529. The number of benzene rings is 1. The number of methoxy groups -OCH3 is 1. The third-order valence-corrected chi connectivity index (χ3v) is 4.65. The van der Waals surface area contributed by atoms with Crippen molar-refractivity contribution in [3.05, 3.63) is 24.3 Å². The fourth-order valence-corrected chi connectivity index (χ4v) is 3.06. The molecule has 1 aliphatic heterocycles. The predicted octanol–water partition coefficient (Wildman–Crippen LogP) is 1.32. The van der Waals surface area contributed by atoms with Crippen molar-refractivity contribution >= 4 is 29.9 Å². The van der Waals surface area contributed by atoms with Crippen molar-refractivity contribution in [2.45, 2.75) is 25.3 Å². The molecule has 1 aromatic carbocycles. The van der Waals surface area contributed by atoms with Gasteiger partial charge in [-0.1, -0.05) is 0 Å². The van der Waals surface area contributed by atoms with Crippen LogP contribution in [0.25, 0.3) is 0 Å². The Hall–Kier alpha value is -1.79. The molecule has 2 fully saturated rings. The molecule has 0 spiro atoms. The molecular weight excluding hydrogens is 330 g/mol. The Kier molecular flexibility index (Phi) is 6.07. The molecule has 2 amide bonds. The third kappa shape index (κ3) is 3.99. The average molecular weight is 354 g/mol. The molecule has 1 saturated carbocycles. The van der Waals surface area contributed by atoms with E-state index in [0.717, 1.165) is 24.3 Å². The normalized spacial score (nSPS) is 21.2. The highest BCUT2D eigenvalue weighted by molar-refractivity contribution is 6.00. The number of ether oxygens (including phenoxy) is 1. The number of nitrogens with two attached hydrogens (primary N) is 1. The Morgan fingerprint density at radius 2 is 2.04 bits per heavy atom. The smallest absolute Gasteiger partial charge is 0.227 e. The first-order valence-corrected chi connectivity index (χ1v) is 8.07. The van der Waals surface area contributed by atoms with Crippen LogP contribution in [0.5, 0.6) is 5.75 Å². The van der Waals surface area contributed by atoms with Gasteiger partial charge in [0, 0.05) is 31.2 Å². The maximum atomic E-state index is 12.4. The summed E-state index contributed by atoms with van der Waals surface area (Å²) in [6, 6.07) is 7.35. The summed E-state index contributed by atoms with van der Waals surface area (Å²) in [5.41, 5.74) is 6.52. The topological polar surface area (TPSA) is 84.7 Å². The van der Waals surface area contributed by atoms with Gasteiger partial charge in [0.2, 0.25) is 11.8 Å². The van der Waals surface area contributed by atoms with E-state index < -0.39 is 0 Å². The summed E-state index contributed by atoms with van der Waals surface area (Å²) in [7, 11) is 1.60. The van der Waals surface area contributed by atoms with Crippen LogP contribution in [0.3, 0.4) is 0 Å². The number of hydrogen-bond acceptors (Lipinski definition) is 4. The molecule has 6 nitrogen and oxygen atoms in total. The van der Waals surface area contributed by atoms with E-state index in [1.807, 2.05) is 24.3 Å². The summed E-state index contributed by atoms with van der Waals surface area (Å²) in [6.07, 6.45) is 2.51. The summed E-state index contributed by atoms with van der Waals surface area (Å²) in [5.74, 6) is 0.865. The second-order valence-electron chi connectivity index (χ2n) is 6.29. The molecule has 2 aliphatic rings. The Labute approximate surface area is 148 Å². The Bertz CT molecular complexity index is 589.